The number of carbonyl (C=O) groups is 1. The predicted molar refractivity (Wildman–Crippen MR) is 73.9 cm³/mol. The predicted octanol–water partition coefficient (Wildman–Crippen LogP) is 4.35. The first kappa shape index (κ1) is 11.8. The molecule has 2 aromatic carbocycles. The minimum atomic E-state index is 0.0191. The molecule has 0 radical (unpaired) electrons. The van der Waals surface area contributed by atoms with Crippen molar-refractivity contribution < 1.29 is 4.79 Å². The van der Waals surface area contributed by atoms with Gasteiger partial charge in [0.15, 0.2) is 5.78 Å². The Hall–Kier alpha value is -1.67. The van der Waals surface area contributed by atoms with Crippen LogP contribution < -0.4 is 0 Å². The topological polar surface area (TPSA) is 17.1 Å². The van der Waals surface area contributed by atoms with Gasteiger partial charge in [-0.1, -0.05) is 64.5 Å². The van der Waals surface area contributed by atoms with Crippen LogP contribution in [0.2, 0.25) is 0 Å². The minimum absolute atomic E-state index is 0.0191. The highest BCUT2D eigenvalue weighted by molar-refractivity contribution is 9.10. The van der Waals surface area contributed by atoms with Crippen molar-refractivity contribution in [3.63, 3.8) is 0 Å². The highest BCUT2D eigenvalue weighted by Crippen LogP contribution is 2.13. The van der Waals surface area contributed by atoms with Gasteiger partial charge in [-0.25, -0.2) is 0 Å². The lowest BCUT2D eigenvalue weighted by Gasteiger charge is -1.95. The van der Waals surface area contributed by atoms with Crippen LogP contribution in [0.1, 0.15) is 15.9 Å². The van der Waals surface area contributed by atoms with Gasteiger partial charge in [0.2, 0.25) is 0 Å². The first-order chi connectivity index (χ1) is 8.25. The Labute approximate surface area is 109 Å². The Morgan fingerprint density at radius 3 is 2.47 bits per heavy atom. The first-order valence-electron chi connectivity index (χ1n) is 5.29. The molecule has 2 aromatic rings. The molecule has 0 bridgehead atoms. The Kier molecular flexibility index (Phi) is 3.89. The summed E-state index contributed by atoms with van der Waals surface area (Å²) in [4.78, 5) is 11.8. The van der Waals surface area contributed by atoms with Crippen LogP contribution in [0.3, 0.4) is 0 Å². The Morgan fingerprint density at radius 1 is 1.00 bits per heavy atom. The number of hydrogen-bond acceptors (Lipinski definition) is 1. The molecule has 0 aromatic heterocycles. The molecule has 0 aliphatic carbocycles. The average molecular weight is 287 g/mol. The molecule has 0 amide bonds. The van der Waals surface area contributed by atoms with E-state index in [1.807, 2.05) is 60.7 Å². The van der Waals surface area contributed by atoms with Crippen LogP contribution >= 0.6 is 15.9 Å². The van der Waals surface area contributed by atoms with Gasteiger partial charge in [-0.2, -0.15) is 0 Å². The molecule has 0 heterocycles. The summed E-state index contributed by atoms with van der Waals surface area (Å²) in [5.74, 6) is 0.0191. The van der Waals surface area contributed by atoms with Crippen LogP contribution in [-0.4, -0.2) is 5.78 Å². The molecule has 0 unspecified atom stereocenters. The highest BCUT2D eigenvalue weighted by atomic mass is 79.9. The zero-order chi connectivity index (χ0) is 12.1. The van der Waals surface area contributed by atoms with E-state index in [1.54, 1.807) is 6.08 Å². The molecular formula is C15H11BrO. The Bertz CT molecular complexity index is 544. The summed E-state index contributed by atoms with van der Waals surface area (Å²) in [6, 6.07) is 17.1. The number of rotatable bonds is 3. The molecule has 84 valence electrons. The molecule has 0 aliphatic rings. The van der Waals surface area contributed by atoms with Crippen molar-refractivity contribution in [2.24, 2.45) is 0 Å². The van der Waals surface area contributed by atoms with E-state index < -0.39 is 0 Å². The Balaban J connectivity index is 2.14. The summed E-state index contributed by atoms with van der Waals surface area (Å²) in [6.07, 6.45) is 3.41. The van der Waals surface area contributed by atoms with Crippen LogP contribution in [0.25, 0.3) is 6.08 Å². The van der Waals surface area contributed by atoms with Crippen molar-refractivity contribution in [3.05, 3.63) is 76.3 Å². The van der Waals surface area contributed by atoms with Crippen molar-refractivity contribution in [1.29, 1.82) is 0 Å². The maximum Gasteiger partial charge on any atom is 0.185 e. The molecule has 2 heteroatoms. The second-order valence-electron chi connectivity index (χ2n) is 3.62. The second-order valence-corrected chi connectivity index (χ2v) is 4.53. The van der Waals surface area contributed by atoms with Gasteiger partial charge in [0.1, 0.15) is 0 Å². The molecule has 0 fully saturated rings. The SMILES string of the molecule is O=C(/C=C\c1cccc(Br)c1)c1ccccc1. The molecule has 0 N–H and O–H groups in total. The van der Waals surface area contributed by atoms with Crippen molar-refractivity contribution in [3.8, 4) is 0 Å². The Morgan fingerprint density at radius 2 is 1.76 bits per heavy atom. The monoisotopic (exact) mass is 286 g/mol. The maximum atomic E-state index is 11.8. The van der Waals surface area contributed by atoms with Crippen LogP contribution in [0, 0.1) is 0 Å². The minimum Gasteiger partial charge on any atom is -0.289 e. The van der Waals surface area contributed by atoms with Crippen LogP contribution in [0.15, 0.2) is 65.1 Å². The van der Waals surface area contributed by atoms with Crippen molar-refractivity contribution >= 4 is 27.8 Å². The third-order valence-electron chi connectivity index (χ3n) is 2.33. The van der Waals surface area contributed by atoms with Crippen molar-refractivity contribution in [2.45, 2.75) is 0 Å². The van der Waals surface area contributed by atoms with E-state index in [-0.39, 0.29) is 5.78 Å². The molecule has 1 nitrogen and oxygen atoms in total. The molecule has 0 saturated heterocycles. The zero-order valence-electron chi connectivity index (χ0n) is 9.14. The van der Waals surface area contributed by atoms with Crippen molar-refractivity contribution in [1.82, 2.24) is 0 Å². The average Bonchev–Trinajstić information content (AvgIpc) is 2.37. The summed E-state index contributed by atoms with van der Waals surface area (Å²) in [6.45, 7) is 0. The molecule has 0 aliphatic heterocycles. The van der Waals surface area contributed by atoms with Gasteiger partial charge in [-0.05, 0) is 23.8 Å². The van der Waals surface area contributed by atoms with Crippen LogP contribution in [0.4, 0.5) is 0 Å². The van der Waals surface area contributed by atoms with Gasteiger partial charge in [0.25, 0.3) is 0 Å². The standard InChI is InChI=1S/C15H11BrO/c16-14-8-4-5-12(11-14)9-10-15(17)13-6-2-1-3-7-13/h1-11H/b10-9-. The molecule has 0 saturated carbocycles. The fourth-order valence-corrected chi connectivity index (χ4v) is 1.90. The van der Waals surface area contributed by atoms with E-state index in [0.717, 1.165) is 10.0 Å². The van der Waals surface area contributed by atoms with E-state index in [0.29, 0.717) is 5.56 Å². The van der Waals surface area contributed by atoms with Crippen LogP contribution in [0.5, 0.6) is 0 Å². The lowest BCUT2D eigenvalue weighted by atomic mass is 10.1. The fourth-order valence-electron chi connectivity index (χ4n) is 1.48. The van der Waals surface area contributed by atoms with E-state index in [1.165, 1.54) is 0 Å². The normalized spacial score (nSPS) is 10.6. The third kappa shape index (κ3) is 3.40. The number of benzene rings is 2. The van der Waals surface area contributed by atoms with Gasteiger partial charge in [0.05, 0.1) is 0 Å². The summed E-state index contributed by atoms with van der Waals surface area (Å²) in [5.41, 5.74) is 1.71. The smallest absolute Gasteiger partial charge is 0.185 e. The van der Waals surface area contributed by atoms with Crippen molar-refractivity contribution in [2.75, 3.05) is 0 Å². The number of halogens is 1. The third-order valence-corrected chi connectivity index (χ3v) is 2.83. The molecule has 2 rings (SSSR count). The zero-order valence-corrected chi connectivity index (χ0v) is 10.7. The number of hydrogen-bond donors (Lipinski definition) is 0. The summed E-state index contributed by atoms with van der Waals surface area (Å²) in [7, 11) is 0. The fraction of sp³-hybridized carbons (Fsp3) is 0. The second kappa shape index (κ2) is 5.60. The summed E-state index contributed by atoms with van der Waals surface area (Å²) >= 11 is 3.40. The molecular weight excluding hydrogens is 276 g/mol. The van der Waals surface area contributed by atoms with E-state index >= 15 is 0 Å². The lowest BCUT2D eigenvalue weighted by Crippen LogP contribution is -1.92. The molecule has 17 heavy (non-hydrogen) atoms. The lowest BCUT2D eigenvalue weighted by molar-refractivity contribution is 0.104. The molecule has 0 spiro atoms. The molecule has 0 atom stereocenters. The van der Waals surface area contributed by atoms with Gasteiger partial charge in [-0.3, -0.25) is 4.79 Å². The summed E-state index contributed by atoms with van der Waals surface area (Å²) < 4.78 is 1.01. The van der Waals surface area contributed by atoms with Crippen LogP contribution in [-0.2, 0) is 0 Å². The first-order valence-corrected chi connectivity index (χ1v) is 6.08. The van der Waals surface area contributed by atoms with Gasteiger partial charge in [-0.15, -0.1) is 0 Å². The van der Waals surface area contributed by atoms with Gasteiger partial charge >= 0.3 is 0 Å². The van der Waals surface area contributed by atoms with Gasteiger partial charge in [0, 0.05) is 10.0 Å². The number of allylic oxidation sites excluding steroid dienone is 1. The van der Waals surface area contributed by atoms with Gasteiger partial charge < -0.3 is 0 Å². The quantitative estimate of drug-likeness (QED) is 0.606. The van der Waals surface area contributed by atoms with E-state index in [2.05, 4.69) is 15.9 Å². The summed E-state index contributed by atoms with van der Waals surface area (Å²) in [5, 5.41) is 0. The van der Waals surface area contributed by atoms with E-state index in [9.17, 15) is 4.79 Å². The number of carbonyl (C=O) groups excluding carboxylic acids is 1. The van der Waals surface area contributed by atoms with E-state index in [4.69, 9.17) is 0 Å². The largest absolute Gasteiger partial charge is 0.289 e. The highest BCUT2D eigenvalue weighted by Gasteiger charge is 1.99. The maximum absolute atomic E-state index is 11.8. The number of ketones is 1.